The van der Waals surface area contributed by atoms with Gasteiger partial charge in [0.15, 0.2) is 0 Å². The second-order valence-electron chi connectivity index (χ2n) is 5.41. The molecule has 0 aliphatic rings. The summed E-state index contributed by atoms with van der Waals surface area (Å²) in [6.07, 6.45) is 0. The lowest BCUT2D eigenvalue weighted by Gasteiger charge is -2.22. The van der Waals surface area contributed by atoms with E-state index in [0.717, 1.165) is 0 Å². The molecule has 0 unspecified atom stereocenters. The summed E-state index contributed by atoms with van der Waals surface area (Å²) in [6, 6.07) is 6.33. The fraction of sp³-hybridized carbons (Fsp3) is 0.294. The highest BCUT2D eigenvalue weighted by Gasteiger charge is 2.23. The lowest BCUT2D eigenvalue weighted by molar-refractivity contribution is 0.428. The van der Waals surface area contributed by atoms with Gasteiger partial charge in [-0.05, 0) is 33.0 Å². The molecular weight excluding hydrogens is 282 g/mol. The van der Waals surface area contributed by atoms with Gasteiger partial charge >= 0.3 is 0 Å². The second kappa shape index (κ2) is 6.15. The molecule has 2 rings (SSSR count). The summed E-state index contributed by atoms with van der Waals surface area (Å²) in [4.78, 5) is 0. The van der Waals surface area contributed by atoms with Crippen molar-refractivity contribution in [1.82, 2.24) is 5.32 Å². The molecule has 0 atom stereocenters. The Morgan fingerprint density at radius 2 is 1.23 bits per heavy atom. The topological polar surface area (TPSA) is 93.0 Å². The van der Waals surface area contributed by atoms with Crippen LogP contribution in [0.2, 0.25) is 0 Å². The van der Waals surface area contributed by atoms with Gasteiger partial charge in [-0.25, -0.2) is 0 Å². The van der Waals surface area contributed by atoms with Crippen LogP contribution in [0.25, 0.3) is 0 Å². The third-order valence-electron chi connectivity index (χ3n) is 4.03. The van der Waals surface area contributed by atoms with Crippen molar-refractivity contribution in [2.45, 2.75) is 19.8 Å². The Kier molecular flexibility index (Phi) is 4.47. The predicted octanol–water partition coefficient (Wildman–Crippen LogP) is 2.48. The van der Waals surface area contributed by atoms with E-state index >= 15 is 0 Å². The molecule has 5 nitrogen and oxygen atoms in total. The van der Waals surface area contributed by atoms with Crippen LogP contribution < -0.4 is 5.32 Å². The largest absolute Gasteiger partial charge is 0.508 e. The van der Waals surface area contributed by atoms with Crippen LogP contribution >= 0.6 is 0 Å². The fourth-order valence-corrected chi connectivity index (χ4v) is 2.57. The molecule has 0 bridgehead atoms. The molecule has 0 aliphatic carbocycles. The van der Waals surface area contributed by atoms with E-state index in [-0.39, 0.29) is 28.9 Å². The smallest absolute Gasteiger partial charge is 0.126 e. The molecule has 0 aliphatic heterocycles. The van der Waals surface area contributed by atoms with E-state index in [9.17, 15) is 20.4 Å². The highest BCUT2D eigenvalue weighted by Crippen LogP contribution is 2.41. The first-order chi connectivity index (χ1) is 10.4. The van der Waals surface area contributed by atoms with Gasteiger partial charge in [0.05, 0.1) is 0 Å². The van der Waals surface area contributed by atoms with E-state index < -0.39 is 0 Å². The Hall–Kier alpha value is -2.40. The van der Waals surface area contributed by atoms with Crippen molar-refractivity contribution in [2.24, 2.45) is 0 Å². The maximum atomic E-state index is 10.3. The highest BCUT2D eigenvalue weighted by atomic mass is 16.3. The van der Waals surface area contributed by atoms with Crippen molar-refractivity contribution in [3.63, 3.8) is 0 Å². The van der Waals surface area contributed by atoms with E-state index in [1.165, 1.54) is 12.1 Å². The molecule has 22 heavy (non-hydrogen) atoms. The van der Waals surface area contributed by atoms with E-state index in [1.807, 2.05) is 0 Å². The summed E-state index contributed by atoms with van der Waals surface area (Å²) in [7, 11) is 1.78. The molecule has 2 aromatic carbocycles. The first kappa shape index (κ1) is 16.0. The standard InChI is InChI=1S/C17H21NO4/c1-9-14(19)6-4-11(16(9)21)13(8-18-3)12-5-7-15(20)10(2)17(12)22/h4-7,13,18-22H,8H2,1-3H3. The molecule has 5 heteroatoms. The summed E-state index contributed by atoms with van der Waals surface area (Å²) >= 11 is 0. The van der Waals surface area contributed by atoms with Crippen LogP contribution in [0.3, 0.4) is 0 Å². The van der Waals surface area contributed by atoms with Gasteiger partial charge in [0.25, 0.3) is 0 Å². The van der Waals surface area contributed by atoms with Crippen molar-refractivity contribution in [2.75, 3.05) is 13.6 Å². The molecular formula is C17H21NO4. The van der Waals surface area contributed by atoms with Crippen molar-refractivity contribution in [1.29, 1.82) is 0 Å². The minimum atomic E-state index is -0.316. The molecule has 118 valence electrons. The average molecular weight is 303 g/mol. The van der Waals surface area contributed by atoms with E-state index in [0.29, 0.717) is 28.8 Å². The van der Waals surface area contributed by atoms with Gasteiger partial charge in [-0.3, -0.25) is 0 Å². The van der Waals surface area contributed by atoms with E-state index in [1.54, 1.807) is 33.0 Å². The summed E-state index contributed by atoms with van der Waals surface area (Å²) in [5.74, 6) is -0.259. The first-order valence-electron chi connectivity index (χ1n) is 7.05. The summed E-state index contributed by atoms with van der Waals surface area (Å²) in [5, 5.41) is 43.1. The summed E-state index contributed by atoms with van der Waals surface area (Å²) in [6.45, 7) is 3.74. The lowest BCUT2D eigenvalue weighted by Crippen LogP contribution is -2.19. The molecule has 0 heterocycles. The monoisotopic (exact) mass is 303 g/mol. The molecule has 0 amide bonds. The predicted molar refractivity (Wildman–Crippen MR) is 84.8 cm³/mol. The first-order valence-corrected chi connectivity index (χ1v) is 7.05. The Bertz CT molecular complexity index is 640. The molecule has 0 saturated heterocycles. The number of rotatable bonds is 4. The maximum absolute atomic E-state index is 10.3. The lowest BCUT2D eigenvalue weighted by atomic mass is 9.87. The zero-order chi connectivity index (χ0) is 16.4. The number of hydrogen-bond acceptors (Lipinski definition) is 5. The van der Waals surface area contributed by atoms with Crippen molar-refractivity contribution in [3.8, 4) is 23.0 Å². The fourth-order valence-electron chi connectivity index (χ4n) is 2.57. The highest BCUT2D eigenvalue weighted by molar-refractivity contribution is 5.56. The minimum Gasteiger partial charge on any atom is -0.508 e. The van der Waals surface area contributed by atoms with Crippen LogP contribution in [-0.4, -0.2) is 34.0 Å². The van der Waals surface area contributed by atoms with Crippen LogP contribution in [0, 0.1) is 13.8 Å². The van der Waals surface area contributed by atoms with Crippen LogP contribution in [0.1, 0.15) is 28.2 Å². The van der Waals surface area contributed by atoms with Crippen LogP contribution in [-0.2, 0) is 0 Å². The van der Waals surface area contributed by atoms with Gasteiger partial charge in [-0.1, -0.05) is 12.1 Å². The number of aromatic hydroxyl groups is 4. The van der Waals surface area contributed by atoms with Gasteiger partial charge in [-0.2, -0.15) is 0 Å². The maximum Gasteiger partial charge on any atom is 0.126 e. The number of phenolic OH excluding ortho intramolecular Hbond substituents is 4. The third kappa shape index (κ3) is 2.67. The zero-order valence-electron chi connectivity index (χ0n) is 12.9. The Morgan fingerprint density at radius 1 is 0.818 bits per heavy atom. The van der Waals surface area contributed by atoms with Crippen LogP contribution in [0.4, 0.5) is 0 Å². The molecule has 0 saturated carbocycles. The Morgan fingerprint density at radius 3 is 1.59 bits per heavy atom. The SMILES string of the molecule is CNCC(c1ccc(O)c(C)c1O)c1ccc(O)c(C)c1O. The Balaban J connectivity index is 2.62. The molecule has 0 fully saturated rings. The molecule has 0 radical (unpaired) electrons. The van der Waals surface area contributed by atoms with Gasteiger partial charge in [0.1, 0.15) is 23.0 Å². The number of likely N-dealkylation sites (N-methyl/N-ethyl adjacent to an activating group) is 1. The van der Waals surface area contributed by atoms with Crippen LogP contribution in [0.15, 0.2) is 24.3 Å². The number of hydrogen-bond donors (Lipinski definition) is 5. The minimum absolute atomic E-state index is 0.00498. The van der Waals surface area contributed by atoms with Gasteiger partial charge in [0.2, 0.25) is 0 Å². The van der Waals surface area contributed by atoms with Crippen molar-refractivity contribution >= 4 is 0 Å². The van der Waals surface area contributed by atoms with Crippen molar-refractivity contribution in [3.05, 3.63) is 46.5 Å². The quantitative estimate of drug-likeness (QED) is 0.598. The molecule has 0 spiro atoms. The van der Waals surface area contributed by atoms with E-state index in [4.69, 9.17) is 0 Å². The number of phenols is 4. The van der Waals surface area contributed by atoms with Crippen LogP contribution in [0.5, 0.6) is 23.0 Å². The normalized spacial score (nSPS) is 11.1. The van der Waals surface area contributed by atoms with Crippen molar-refractivity contribution < 1.29 is 20.4 Å². The summed E-state index contributed by atoms with van der Waals surface area (Å²) in [5.41, 5.74) is 2.00. The number of nitrogens with one attached hydrogen (secondary N) is 1. The third-order valence-corrected chi connectivity index (χ3v) is 4.03. The molecule has 5 N–H and O–H groups in total. The number of benzene rings is 2. The van der Waals surface area contributed by atoms with Gasteiger partial charge in [-0.15, -0.1) is 0 Å². The average Bonchev–Trinajstić information content (AvgIpc) is 2.50. The van der Waals surface area contributed by atoms with E-state index in [2.05, 4.69) is 5.32 Å². The second-order valence-corrected chi connectivity index (χ2v) is 5.41. The zero-order valence-corrected chi connectivity index (χ0v) is 12.9. The van der Waals surface area contributed by atoms with Gasteiger partial charge < -0.3 is 25.7 Å². The Labute approximate surface area is 129 Å². The molecule has 0 aromatic heterocycles. The van der Waals surface area contributed by atoms with Gasteiger partial charge in [0, 0.05) is 34.7 Å². The summed E-state index contributed by atoms with van der Waals surface area (Å²) < 4.78 is 0. The molecule has 2 aromatic rings.